The van der Waals surface area contributed by atoms with Gasteiger partial charge in [0.2, 0.25) is 5.88 Å². The van der Waals surface area contributed by atoms with Crippen molar-refractivity contribution in [2.75, 3.05) is 13.7 Å². The van der Waals surface area contributed by atoms with Gasteiger partial charge in [0, 0.05) is 24.4 Å². The Morgan fingerprint density at radius 2 is 2.05 bits per heavy atom. The van der Waals surface area contributed by atoms with E-state index in [0.29, 0.717) is 5.88 Å². The predicted molar refractivity (Wildman–Crippen MR) is 78.3 cm³/mol. The van der Waals surface area contributed by atoms with Crippen LogP contribution >= 0.6 is 0 Å². The molecule has 100 valence electrons. The van der Waals surface area contributed by atoms with Crippen LogP contribution < -0.4 is 10.1 Å². The highest BCUT2D eigenvalue weighted by Gasteiger charge is 2.06. The molecule has 0 bridgehead atoms. The van der Waals surface area contributed by atoms with Gasteiger partial charge >= 0.3 is 0 Å². The molecule has 3 nitrogen and oxygen atoms in total. The Labute approximate surface area is 114 Å². The van der Waals surface area contributed by atoms with Crippen molar-refractivity contribution in [1.82, 2.24) is 10.3 Å². The standard InChI is InChI=1S/C16H20N2O/c1-4-17-10-13-6-5-12(2)9-15(13)14-7-8-16(19-3)18-11-14/h5-9,11,17H,4,10H2,1-3H3. The Hall–Kier alpha value is -1.87. The summed E-state index contributed by atoms with van der Waals surface area (Å²) in [6.07, 6.45) is 1.86. The number of nitrogens with one attached hydrogen (secondary N) is 1. The maximum Gasteiger partial charge on any atom is 0.212 e. The van der Waals surface area contributed by atoms with Crippen LogP contribution in [0, 0.1) is 6.92 Å². The van der Waals surface area contributed by atoms with Gasteiger partial charge in [-0.15, -0.1) is 0 Å². The highest BCUT2D eigenvalue weighted by molar-refractivity contribution is 5.67. The molecule has 1 aromatic heterocycles. The Balaban J connectivity index is 2.37. The van der Waals surface area contributed by atoms with Gasteiger partial charge in [0.15, 0.2) is 0 Å². The second-order valence-electron chi connectivity index (χ2n) is 4.53. The molecular weight excluding hydrogens is 236 g/mol. The number of aromatic nitrogens is 1. The van der Waals surface area contributed by atoms with E-state index < -0.39 is 0 Å². The van der Waals surface area contributed by atoms with Gasteiger partial charge in [0.25, 0.3) is 0 Å². The number of aryl methyl sites for hydroxylation is 1. The smallest absolute Gasteiger partial charge is 0.212 e. The van der Waals surface area contributed by atoms with Crippen molar-refractivity contribution in [2.45, 2.75) is 20.4 Å². The Morgan fingerprint density at radius 1 is 1.21 bits per heavy atom. The van der Waals surface area contributed by atoms with Gasteiger partial charge in [-0.2, -0.15) is 0 Å². The van der Waals surface area contributed by atoms with Crippen molar-refractivity contribution in [3.63, 3.8) is 0 Å². The van der Waals surface area contributed by atoms with Crippen molar-refractivity contribution in [3.8, 4) is 17.0 Å². The topological polar surface area (TPSA) is 34.1 Å². The lowest BCUT2D eigenvalue weighted by molar-refractivity contribution is 0.398. The number of pyridine rings is 1. The summed E-state index contributed by atoms with van der Waals surface area (Å²) in [7, 11) is 1.63. The zero-order valence-corrected chi connectivity index (χ0v) is 11.7. The molecule has 1 N–H and O–H groups in total. The Morgan fingerprint density at radius 3 is 2.68 bits per heavy atom. The molecule has 2 aromatic rings. The third kappa shape index (κ3) is 3.32. The second kappa shape index (κ2) is 6.34. The number of methoxy groups -OCH3 is 1. The molecule has 0 aliphatic rings. The van der Waals surface area contributed by atoms with E-state index in [0.717, 1.165) is 18.7 Å². The van der Waals surface area contributed by atoms with E-state index in [1.807, 2.05) is 12.3 Å². The van der Waals surface area contributed by atoms with E-state index in [1.54, 1.807) is 7.11 Å². The van der Waals surface area contributed by atoms with Gasteiger partial charge in [0.05, 0.1) is 7.11 Å². The van der Waals surface area contributed by atoms with E-state index >= 15 is 0 Å². The molecule has 0 spiro atoms. The van der Waals surface area contributed by atoms with Gasteiger partial charge < -0.3 is 10.1 Å². The van der Waals surface area contributed by atoms with Crippen LogP contribution in [0.5, 0.6) is 5.88 Å². The lowest BCUT2D eigenvalue weighted by Gasteiger charge is -2.11. The number of ether oxygens (including phenoxy) is 1. The highest BCUT2D eigenvalue weighted by atomic mass is 16.5. The van der Waals surface area contributed by atoms with Crippen LogP contribution in [0.4, 0.5) is 0 Å². The van der Waals surface area contributed by atoms with Gasteiger partial charge in [-0.1, -0.05) is 30.7 Å². The van der Waals surface area contributed by atoms with Crippen LogP contribution in [0.1, 0.15) is 18.1 Å². The molecule has 0 saturated carbocycles. The predicted octanol–water partition coefficient (Wildman–Crippen LogP) is 3.18. The molecule has 1 heterocycles. The summed E-state index contributed by atoms with van der Waals surface area (Å²) in [4.78, 5) is 4.28. The summed E-state index contributed by atoms with van der Waals surface area (Å²) >= 11 is 0. The molecule has 0 unspecified atom stereocenters. The Kier molecular flexibility index (Phi) is 4.53. The van der Waals surface area contributed by atoms with Gasteiger partial charge in [-0.3, -0.25) is 0 Å². The van der Waals surface area contributed by atoms with Crippen LogP contribution in [-0.4, -0.2) is 18.6 Å². The second-order valence-corrected chi connectivity index (χ2v) is 4.53. The van der Waals surface area contributed by atoms with Gasteiger partial charge in [-0.05, 0) is 30.7 Å². The normalized spacial score (nSPS) is 10.5. The van der Waals surface area contributed by atoms with Gasteiger partial charge in [0.1, 0.15) is 0 Å². The molecule has 0 fully saturated rings. The number of nitrogens with zero attached hydrogens (tertiary/aromatic N) is 1. The van der Waals surface area contributed by atoms with Crippen molar-refractivity contribution in [2.24, 2.45) is 0 Å². The average Bonchev–Trinajstić information content (AvgIpc) is 2.46. The van der Waals surface area contributed by atoms with Crippen LogP contribution in [0.2, 0.25) is 0 Å². The zero-order chi connectivity index (χ0) is 13.7. The largest absolute Gasteiger partial charge is 0.481 e. The van der Waals surface area contributed by atoms with Crippen LogP contribution in [0.25, 0.3) is 11.1 Å². The summed E-state index contributed by atoms with van der Waals surface area (Å²) in [6, 6.07) is 10.5. The lowest BCUT2D eigenvalue weighted by Crippen LogP contribution is -2.12. The first-order valence-corrected chi connectivity index (χ1v) is 6.55. The average molecular weight is 256 g/mol. The molecule has 3 heteroatoms. The van der Waals surface area contributed by atoms with E-state index in [4.69, 9.17) is 4.74 Å². The minimum Gasteiger partial charge on any atom is -0.481 e. The van der Waals surface area contributed by atoms with E-state index in [1.165, 1.54) is 16.7 Å². The summed E-state index contributed by atoms with van der Waals surface area (Å²) in [5.74, 6) is 0.643. The molecule has 2 rings (SSSR count). The SMILES string of the molecule is CCNCc1ccc(C)cc1-c1ccc(OC)nc1. The maximum absolute atomic E-state index is 5.10. The molecule has 19 heavy (non-hydrogen) atoms. The molecule has 0 radical (unpaired) electrons. The van der Waals surface area contributed by atoms with Crippen molar-refractivity contribution >= 4 is 0 Å². The monoisotopic (exact) mass is 256 g/mol. The zero-order valence-electron chi connectivity index (χ0n) is 11.7. The molecule has 0 saturated heterocycles. The first kappa shape index (κ1) is 13.6. The van der Waals surface area contributed by atoms with E-state index in [-0.39, 0.29) is 0 Å². The summed E-state index contributed by atoms with van der Waals surface area (Å²) in [6.45, 7) is 6.06. The van der Waals surface area contributed by atoms with Crippen LogP contribution in [-0.2, 0) is 6.54 Å². The van der Waals surface area contributed by atoms with E-state index in [2.05, 4.69) is 48.4 Å². The summed E-state index contributed by atoms with van der Waals surface area (Å²) < 4.78 is 5.10. The third-order valence-corrected chi connectivity index (χ3v) is 3.09. The van der Waals surface area contributed by atoms with Crippen molar-refractivity contribution in [1.29, 1.82) is 0 Å². The number of hydrogen-bond acceptors (Lipinski definition) is 3. The Bertz CT molecular complexity index is 535. The number of hydrogen-bond donors (Lipinski definition) is 1. The quantitative estimate of drug-likeness (QED) is 0.892. The number of benzene rings is 1. The van der Waals surface area contributed by atoms with Crippen molar-refractivity contribution < 1.29 is 4.74 Å². The summed E-state index contributed by atoms with van der Waals surface area (Å²) in [5, 5.41) is 3.37. The fraction of sp³-hybridized carbons (Fsp3) is 0.312. The minimum absolute atomic E-state index is 0.643. The molecule has 0 aliphatic carbocycles. The molecular formula is C16H20N2O. The first-order valence-electron chi connectivity index (χ1n) is 6.55. The fourth-order valence-corrected chi connectivity index (χ4v) is 2.03. The fourth-order valence-electron chi connectivity index (χ4n) is 2.03. The summed E-state index contributed by atoms with van der Waals surface area (Å²) in [5.41, 5.74) is 4.90. The maximum atomic E-state index is 5.10. The molecule has 0 atom stereocenters. The first-order chi connectivity index (χ1) is 9.24. The molecule has 0 amide bonds. The molecule has 0 aliphatic heterocycles. The van der Waals surface area contributed by atoms with E-state index in [9.17, 15) is 0 Å². The number of rotatable bonds is 5. The minimum atomic E-state index is 0.643. The molecule has 1 aromatic carbocycles. The van der Waals surface area contributed by atoms with Gasteiger partial charge in [-0.25, -0.2) is 4.98 Å². The van der Waals surface area contributed by atoms with Crippen LogP contribution in [0.3, 0.4) is 0 Å². The lowest BCUT2D eigenvalue weighted by atomic mass is 9.99. The third-order valence-electron chi connectivity index (χ3n) is 3.09. The van der Waals surface area contributed by atoms with Crippen molar-refractivity contribution in [3.05, 3.63) is 47.7 Å². The highest BCUT2D eigenvalue weighted by Crippen LogP contribution is 2.25. The van der Waals surface area contributed by atoms with Crippen LogP contribution in [0.15, 0.2) is 36.5 Å².